The molecule has 3 rings (SSSR count). The van der Waals surface area contributed by atoms with Gasteiger partial charge >= 0.3 is 5.97 Å². The summed E-state index contributed by atoms with van der Waals surface area (Å²) in [7, 11) is 1.87. The fourth-order valence-electron chi connectivity index (χ4n) is 1.90. The van der Waals surface area contributed by atoms with Crippen LogP contribution >= 0.6 is 0 Å². The van der Waals surface area contributed by atoms with Crippen molar-refractivity contribution in [1.29, 1.82) is 0 Å². The van der Waals surface area contributed by atoms with Crippen LogP contribution in [-0.2, 0) is 7.05 Å². The lowest BCUT2D eigenvalue weighted by Crippen LogP contribution is -1.95. The maximum absolute atomic E-state index is 10.8. The van der Waals surface area contributed by atoms with E-state index in [9.17, 15) is 4.79 Å². The fraction of sp³-hybridized carbons (Fsp3) is 0.0833. The number of carboxylic acid groups (broad SMARTS) is 1. The van der Waals surface area contributed by atoms with Crippen LogP contribution in [0.4, 0.5) is 0 Å². The van der Waals surface area contributed by atoms with Crippen molar-refractivity contribution in [2.75, 3.05) is 0 Å². The highest BCUT2D eigenvalue weighted by Gasteiger charge is 2.10. The zero-order valence-corrected chi connectivity index (χ0v) is 9.58. The molecule has 2 N–H and O–H groups in total. The van der Waals surface area contributed by atoms with Crippen molar-refractivity contribution >= 4 is 16.9 Å². The molecule has 0 amide bonds. The Balaban J connectivity index is 2.10. The number of carboxylic acids is 1. The second-order valence-electron chi connectivity index (χ2n) is 4.01. The van der Waals surface area contributed by atoms with Crippen LogP contribution in [0.3, 0.4) is 0 Å². The zero-order valence-electron chi connectivity index (χ0n) is 9.58. The van der Waals surface area contributed by atoms with Gasteiger partial charge in [0.1, 0.15) is 5.69 Å². The van der Waals surface area contributed by atoms with Crippen LogP contribution in [-0.4, -0.2) is 31.1 Å². The molecule has 18 heavy (non-hydrogen) atoms. The number of nitrogens with zero attached hydrogens (tertiary/aromatic N) is 3. The molecule has 0 aliphatic carbocycles. The first kappa shape index (κ1) is 10.5. The number of H-pyrrole nitrogens is 1. The Morgan fingerprint density at radius 2 is 2.22 bits per heavy atom. The molecule has 0 bridgehead atoms. The fourth-order valence-corrected chi connectivity index (χ4v) is 1.90. The van der Waals surface area contributed by atoms with E-state index >= 15 is 0 Å². The molecule has 2 heterocycles. The summed E-state index contributed by atoms with van der Waals surface area (Å²) >= 11 is 0. The van der Waals surface area contributed by atoms with Gasteiger partial charge in [-0.05, 0) is 18.2 Å². The average Bonchev–Trinajstić information content (AvgIpc) is 2.96. The molecule has 1 aromatic carbocycles. The average molecular weight is 242 g/mol. The second kappa shape index (κ2) is 3.69. The summed E-state index contributed by atoms with van der Waals surface area (Å²) in [6, 6.07) is 7.28. The van der Waals surface area contributed by atoms with Gasteiger partial charge in [-0.2, -0.15) is 10.2 Å². The van der Waals surface area contributed by atoms with Crippen LogP contribution < -0.4 is 0 Å². The summed E-state index contributed by atoms with van der Waals surface area (Å²) in [4.78, 5) is 10.8. The molecule has 0 radical (unpaired) electrons. The first-order valence-corrected chi connectivity index (χ1v) is 5.36. The van der Waals surface area contributed by atoms with Crippen molar-refractivity contribution < 1.29 is 9.90 Å². The van der Waals surface area contributed by atoms with Gasteiger partial charge in [0.25, 0.3) is 0 Å². The molecule has 6 heteroatoms. The molecule has 0 saturated carbocycles. The van der Waals surface area contributed by atoms with Crippen molar-refractivity contribution in [3.8, 4) is 11.3 Å². The molecular weight excluding hydrogens is 232 g/mol. The Morgan fingerprint density at radius 1 is 1.39 bits per heavy atom. The summed E-state index contributed by atoms with van der Waals surface area (Å²) < 4.78 is 1.78. The molecule has 0 atom stereocenters. The van der Waals surface area contributed by atoms with Crippen LogP contribution in [0.5, 0.6) is 0 Å². The Labute approximate surface area is 102 Å². The zero-order chi connectivity index (χ0) is 12.7. The minimum Gasteiger partial charge on any atom is -0.477 e. The third kappa shape index (κ3) is 1.55. The van der Waals surface area contributed by atoms with Crippen molar-refractivity contribution in [1.82, 2.24) is 20.0 Å². The minimum atomic E-state index is -1.02. The Kier molecular flexibility index (Phi) is 2.16. The lowest BCUT2D eigenvalue weighted by Gasteiger charge is -1.97. The number of aromatic carboxylic acids is 1. The number of benzene rings is 1. The largest absolute Gasteiger partial charge is 0.477 e. The predicted molar refractivity (Wildman–Crippen MR) is 65.3 cm³/mol. The summed E-state index contributed by atoms with van der Waals surface area (Å²) in [5, 5.41) is 20.5. The number of carbonyl (C=O) groups is 1. The van der Waals surface area contributed by atoms with Crippen LogP contribution in [0.25, 0.3) is 22.2 Å². The highest BCUT2D eigenvalue weighted by atomic mass is 16.4. The molecule has 0 saturated heterocycles. The molecule has 6 nitrogen and oxygen atoms in total. The van der Waals surface area contributed by atoms with Gasteiger partial charge in [0, 0.05) is 18.0 Å². The van der Waals surface area contributed by atoms with Crippen molar-refractivity contribution in [2.45, 2.75) is 0 Å². The van der Waals surface area contributed by atoms with Crippen molar-refractivity contribution in [2.24, 2.45) is 7.05 Å². The molecule has 0 spiro atoms. The van der Waals surface area contributed by atoms with E-state index in [4.69, 9.17) is 5.11 Å². The van der Waals surface area contributed by atoms with Crippen LogP contribution in [0, 0.1) is 0 Å². The van der Waals surface area contributed by atoms with E-state index in [0.29, 0.717) is 5.69 Å². The van der Waals surface area contributed by atoms with Gasteiger partial charge in [-0.3, -0.25) is 9.78 Å². The Morgan fingerprint density at radius 3 is 2.94 bits per heavy atom. The van der Waals surface area contributed by atoms with E-state index in [0.717, 1.165) is 16.5 Å². The lowest BCUT2D eigenvalue weighted by atomic mass is 10.1. The Hall–Kier alpha value is -2.63. The van der Waals surface area contributed by atoms with Crippen molar-refractivity contribution in [3.63, 3.8) is 0 Å². The number of nitrogens with one attached hydrogen (secondary N) is 1. The molecule has 2 aromatic heterocycles. The third-order valence-electron chi connectivity index (χ3n) is 2.85. The quantitative estimate of drug-likeness (QED) is 0.715. The maximum Gasteiger partial charge on any atom is 0.353 e. The van der Waals surface area contributed by atoms with E-state index in [1.165, 1.54) is 6.07 Å². The van der Waals surface area contributed by atoms with E-state index in [-0.39, 0.29) is 5.69 Å². The van der Waals surface area contributed by atoms with Gasteiger partial charge in [-0.25, -0.2) is 4.79 Å². The van der Waals surface area contributed by atoms with E-state index in [1.807, 2.05) is 25.2 Å². The number of aromatic amines is 1. The highest BCUT2D eigenvalue weighted by Crippen LogP contribution is 2.23. The summed E-state index contributed by atoms with van der Waals surface area (Å²) in [5.74, 6) is -1.02. The molecule has 90 valence electrons. The van der Waals surface area contributed by atoms with E-state index in [1.54, 1.807) is 10.9 Å². The summed E-state index contributed by atoms with van der Waals surface area (Å²) in [6.45, 7) is 0. The predicted octanol–water partition coefficient (Wildman–Crippen LogP) is 1.66. The number of aryl methyl sites for hydroxylation is 1. The number of fused-ring (bicyclic) bond motifs is 1. The third-order valence-corrected chi connectivity index (χ3v) is 2.85. The number of hydrogen-bond donors (Lipinski definition) is 2. The monoisotopic (exact) mass is 242 g/mol. The molecule has 0 unspecified atom stereocenters. The minimum absolute atomic E-state index is 0.0799. The molecule has 0 fully saturated rings. The van der Waals surface area contributed by atoms with Crippen LogP contribution in [0.15, 0.2) is 30.5 Å². The van der Waals surface area contributed by atoms with Crippen LogP contribution in [0.2, 0.25) is 0 Å². The van der Waals surface area contributed by atoms with Gasteiger partial charge < -0.3 is 5.11 Å². The standard InChI is InChI=1S/C12H10N4O2/c1-16-11-3-2-7(4-8(11)6-13-16)9-5-10(12(17)18)15-14-9/h2-6H,1H3,(H,14,15)(H,17,18). The van der Waals surface area contributed by atoms with Crippen LogP contribution in [0.1, 0.15) is 10.5 Å². The van der Waals surface area contributed by atoms with Crippen molar-refractivity contribution in [3.05, 3.63) is 36.2 Å². The number of aromatic nitrogens is 4. The first-order chi connectivity index (χ1) is 8.65. The first-order valence-electron chi connectivity index (χ1n) is 5.36. The summed E-state index contributed by atoms with van der Waals surface area (Å²) in [6.07, 6.45) is 1.77. The normalized spacial score (nSPS) is 10.9. The number of rotatable bonds is 2. The molecular formula is C12H10N4O2. The SMILES string of the molecule is Cn1ncc2cc(-c3cc(C(=O)O)[nH]n3)ccc21. The smallest absolute Gasteiger partial charge is 0.353 e. The highest BCUT2D eigenvalue weighted by molar-refractivity contribution is 5.88. The maximum atomic E-state index is 10.8. The molecule has 3 aromatic rings. The number of hydrogen-bond acceptors (Lipinski definition) is 3. The molecule has 0 aliphatic heterocycles. The van der Waals surface area contributed by atoms with Gasteiger partial charge in [-0.15, -0.1) is 0 Å². The van der Waals surface area contributed by atoms with E-state index in [2.05, 4.69) is 15.3 Å². The second-order valence-corrected chi connectivity index (χ2v) is 4.01. The van der Waals surface area contributed by atoms with Gasteiger partial charge in [0.2, 0.25) is 0 Å². The van der Waals surface area contributed by atoms with Gasteiger partial charge in [0.05, 0.1) is 17.4 Å². The summed E-state index contributed by atoms with van der Waals surface area (Å²) in [5.41, 5.74) is 2.57. The van der Waals surface area contributed by atoms with E-state index < -0.39 is 5.97 Å². The van der Waals surface area contributed by atoms with Gasteiger partial charge in [-0.1, -0.05) is 6.07 Å². The molecule has 0 aliphatic rings. The lowest BCUT2D eigenvalue weighted by molar-refractivity contribution is 0.0690. The Bertz CT molecular complexity index is 741. The topological polar surface area (TPSA) is 83.8 Å². The van der Waals surface area contributed by atoms with Gasteiger partial charge in [0.15, 0.2) is 0 Å².